The third-order valence-corrected chi connectivity index (χ3v) is 4.69. The standard InChI is InChI=1S/C20H20N4O4/c1-24(11-18-22-19(23-28-18)13-5-7-21-8-6-13)20(25)15-9-14-3-4-16(26-2)10-17(14)27-12-15/h3-8,10,15H,9,11-12H2,1-2H3/t15-/m0/s1. The number of pyridine rings is 1. The van der Waals surface area contributed by atoms with Gasteiger partial charge >= 0.3 is 0 Å². The molecule has 2 aromatic heterocycles. The molecule has 1 aliphatic rings. The third-order valence-electron chi connectivity index (χ3n) is 4.69. The van der Waals surface area contributed by atoms with Gasteiger partial charge in [0.25, 0.3) is 0 Å². The van der Waals surface area contributed by atoms with Crippen LogP contribution in [0.2, 0.25) is 0 Å². The summed E-state index contributed by atoms with van der Waals surface area (Å²) in [6, 6.07) is 9.26. The Morgan fingerprint density at radius 2 is 2.11 bits per heavy atom. The summed E-state index contributed by atoms with van der Waals surface area (Å²) in [6.07, 6.45) is 3.95. The molecule has 4 rings (SSSR count). The summed E-state index contributed by atoms with van der Waals surface area (Å²) in [5.41, 5.74) is 1.81. The molecule has 1 aromatic carbocycles. The highest BCUT2D eigenvalue weighted by molar-refractivity contribution is 5.79. The number of carbonyl (C=O) groups is 1. The number of fused-ring (bicyclic) bond motifs is 1. The van der Waals surface area contributed by atoms with Crippen LogP contribution in [0.3, 0.4) is 0 Å². The van der Waals surface area contributed by atoms with Crippen LogP contribution in [0.5, 0.6) is 11.5 Å². The van der Waals surface area contributed by atoms with Crippen LogP contribution in [0, 0.1) is 5.92 Å². The highest BCUT2D eigenvalue weighted by Crippen LogP contribution is 2.31. The van der Waals surface area contributed by atoms with Crippen LogP contribution >= 0.6 is 0 Å². The molecule has 0 saturated heterocycles. The van der Waals surface area contributed by atoms with Gasteiger partial charge in [0.05, 0.1) is 19.6 Å². The molecule has 0 spiro atoms. The fourth-order valence-corrected chi connectivity index (χ4v) is 3.17. The van der Waals surface area contributed by atoms with Gasteiger partial charge in [0.15, 0.2) is 0 Å². The van der Waals surface area contributed by atoms with Gasteiger partial charge in [-0.05, 0) is 30.2 Å². The Bertz CT molecular complexity index is 973. The predicted octanol–water partition coefficient (Wildman–Crippen LogP) is 2.35. The van der Waals surface area contributed by atoms with Gasteiger partial charge in [0.2, 0.25) is 17.6 Å². The molecule has 0 N–H and O–H groups in total. The van der Waals surface area contributed by atoms with Gasteiger partial charge in [0.1, 0.15) is 18.1 Å². The van der Waals surface area contributed by atoms with E-state index in [4.69, 9.17) is 14.0 Å². The Labute approximate surface area is 162 Å². The van der Waals surface area contributed by atoms with E-state index in [0.29, 0.717) is 24.7 Å². The average Bonchev–Trinajstić information content (AvgIpc) is 3.21. The van der Waals surface area contributed by atoms with Gasteiger partial charge in [-0.25, -0.2) is 0 Å². The predicted molar refractivity (Wildman–Crippen MR) is 99.7 cm³/mol. The number of aromatic nitrogens is 3. The minimum atomic E-state index is -0.256. The molecule has 1 aliphatic heterocycles. The quantitative estimate of drug-likeness (QED) is 0.671. The highest BCUT2D eigenvalue weighted by Gasteiger charge is 2.29. The molecule has 1 amide bonds. The number of ether oxygens (including phenoxy) is 2. The second-order valence-corrected chi connectivity index (χ2v) is 6.63. The van der Waals surface area contributed by atoms with Crippen molar-refractivity contribution in [2.45, 2.75) is 13.0 Å². The first-order chi connectivity index (χ1) is 13.6. The Balaban J connectivity index is 1.41. The maximum Gasteiger partial charge on any atom is 0.246 e. The lowest BCUT2D eigenvalue weighted by Gasteiger charge is -2.27. The molecular formula is C20H20N4O4. The second kappa shape index (κ2) is 7.67. The van der Waals surface area contributed by atoms with E-state index in [1.807, 2.05) is 18.2 Å². The van der Waals surface area contributed by atoms with Gasteiger partial charge in [-0.1, -0.05) is 11.2 Å². The molecule has 1 atom stereocenters. The molecule has 0 unspecified atom stereocenters. The number of methoxy groups -OCH3 is 1. The van der Waals surface area contributed by atoms with Crippen molar-refractivity contribution in [2.24, 2.45) is 5.92 Å². The molecule has 8 nitrogen and oxygen atoms in total. The minimum Gasteiger partial charge on any atom is -0.497 e. The minimum absolute atomic E-state index is 0.0230. The smallest absolute Gasteiger partial charge is 0.246 e. The molecule has 8 heteroatoms. The Kier molecular flexibility index (Phi) is 4.92. The molecule has 0 bridgehead atoms. The van der Waals surface area contributed by atoms with E-state index in [9.17, 15) is 4.79 Å². The lowest BCUT2D eigenvalue weighted by Crippen LogP contribution is -2.38. The van der Waals surface area contributed by atoms with Crippen molar-refractivity contribution >= 4 is 5.91 Å². The van der Waals surface area contributed by atoms with Crippen molar-refractivity contribution in [2.75, 3.05) is 20.8 Å². The number of hydrogen-bond donors (Lipinski definition) is 0. The molecule has 3 aromatic rings. The summed E-state index contributed by atoms with van der Waals surface area (Å²) in [6.45, 7) is 0.568. The van der Waals surface area contributed by atoms with Crippen LogP contribution in [-0.2, 0) is 17.8 Å². The maximum absolute atomic E-state index is 12.8. The number of benzene rings is 1. The fraction of sp³-hybridized carbons (Fsp3) is 0.300. The summed E-state index contributed by atoms with van der Waals surface area (Å²) in [4.78, 5) is 22.8. The van der Waals surface area contributed by atoms with E-state index in [1.165, 1.54) is 0 Å². The van der Waals surface area contributed by atoms with E-state index in [2.05, 4.69) is 15.1 Å². The second-order valence-electron chi connectivity index (χ2n) is 6.63. The SMILES string of the molecule is COc1ccc2c(c1)OC[C@@H](C(=O)N(C)Cc1nc(-c3ccncc3)no1)C2. The molecule has 0 aliphatic carbocycles. The first kappa shape index (κ1) is 18.0. The van der Waals surface area contributed by atoms with Crippen LogP contribution in [0.4, 0.5) is 0 Å². The number of carbonyl (C=O) groups excluding carboxylic acids is 1. The van der Waals surface area contributed by atoms with Crippen LogP contribution in [-0.4, -0.2) is 46.7 Å². The normalized spacial score (nSPS) is 15.4. The van der Waals surface area contributed by atoms with E-state index in [0.717, 1.165) is 22.6 Å². The number of nitrogens with zero attached hydrogens (tertiary/aromatic N) is 4. The van der Waals surface area contributed by atoms with Crippen molar-refractivity contribution in [3.05, 3.63) is 54.2 Å². The maximum atomic E-state index is 12.8. The van der Waals surface area contributed by atoms with Gasteiger partial charge in [-0.2, -0.15) is 4.98 Å². The lowest BCUT2D eigenvalue weighted by atomic mass is 9.95. The van der Waals surface area contributed by atoms with Crippen molar-refractivity contribution < 1.29 is 18.8 Å². The zero-order chi connectivity index (χ0) is 19.5. The molecule has 0 fully saturated rings. The Morgan fingerprint density at radius 1 is 1.29 bits per heavy atom. The van der Waals surface area contributed by atoms with Crippen LogP contribution < -0.4 is 9.47 Å². The van der Waals surface area contributed by atoms with E-state index in [-0.39, 0.29) is 18.4 Å². The zero-order valence-electron chi connectivity index (χ0n) is 15.7. The van der Waals surface area contributed by atoms with Crippen LogP contribution in [0.15, 0.2) is 47.2 Å². The lowest BCUT2D eigenvalue weighted by molar-refractivity contribution is -0.136. The monoisotopic (exact) mass is 380 g/mol. The van der Waals surface area contributed by atoms with E-state index >= 15 is 0 Å². The largest absolute Gasteiger partial charge is 0.497 e. The van der Waals surface area contributed by atoms with Gasteiger partial charge in [-0.15, -0.1) is 0 Å². The summed E-state index contributed by atoms with van der Waals surface area (Å²) in [5, 5.41) is 3.97. The van der Waals surface area contributed by atoms with E-state index < -0.39 is 0 Å². The fourth-order valence-electron chi connectivity index (χ4n) is 3.17. The van der Waals surface area contributed by atoms with Crippen molar-refractivity contribution in [1.29, 1.82) is 0 Å². The van der Waals surface area contributed by atoms with Crippen molar-refractivity contribution in [3.8, 4) is 22.9 Å². The molecule has 0 saturated carbocycles. The van der Waals surface area contributed by atoms with Gasteiger partial charge < -0.3 is 18.9 Å². The van der Waals surface area contributed by atoms with Crippen molar-refractivity contribution in [1.82, 2.24) is 20.0 Å². The van der Waals surface area contributed by atoms with Gasteiger partial charge in [-0.3, -0.25) is 9.78 Å². The number of rotatable bonds is 5. The highest BCUT2D eigenvalue weighted by atomic mass is 16.5. The first-order valence-electron chi connectivity index (χ1n) is 8.91. The van der Waals surface area contributed by atoms with Crippen LogP contribution in [0.25, 0.3) is 11.4 Å². The zero-order valence-corrected chi connectivity index (χ0v) is 15.7. The summed E-state index contributed by atoms with van der Waals surface area (Å²) >= 11 is 0. The first-order valence-corrected chi connectivity index (χ1v) is 8.91. The topological polar surface area (TPSA) is 90.6 Å². The van der Waals surface area contributed by atoms with Crippen LogP contribution in [0.1, 0.15) is 11.5 Å². The average molecular weight is 380 g/mol. The number of amides is 1. The van der Waals surface area contributed by atoms with Crippen molar-refractivity contribution in [3.63, 3.8) is 0 Å². The number of hydrogen-bond acceptors (Lipinski definition) is 7. The van der Waals surface area contributed by atoms with Gasteiger partial charge in [0, 0.05) is 31.1 Å². The summed E-state index contributed by atoms with van der Waals surface area (Å²) in [5.74, 6) is 2.08. The molecule has 28 heavy (non-hydrogen) atoms. The molecule has 0 radical (unpaired) electrons. The Hall–Kier alpha value is -3.42. The molecule has 3 heterocycles. The summed E-state index contributed by atoms with van der Waals surface area (Å²) < 4.78 is 16.3. The third kappa shape index (κ3) is 3.66. The molecular weight excluding hydrogens is 360 g/mol. The van der Waals surface area contributed by atoms with E-state index in [1.54, 1.807) is 43.6 Å². The Morgan fingerprint density at radius 3 is 2.89 bits per heavy atom. The molecule has 144 valence electrons. The summed E-state index contributed by atoms with van der Waals surface area (Å²) in [7, 11) is 3.34.